The van der Waals surface area contributed by atoms with E-state index >= 15 is 0 Å². The molecule has 0 radical (unpaired) electrons. The van der Waals surface area contributed by atoms with Crippen molar-refractivity contribution in [1.29, 1.82) is 0 Å². The molecule has 0 aromatic rings. The molecule has 1 aliphatic carbocycles. The molecule has 114 valence electrons. The molecule has 1 amide bonds. The van der Waals surface area contributed by atoms with Crippen molar-refractivity contribution in [2.75, 3.05) is 13.1 Å². The Bertz CT molecular complexity index is 378. The molecule has 0 bridgehead atoms. The fraction of sp³-hybridized carbons (Fsp3) is 0.875. The predicted molar refractivity (Wildman–Crippen MR) is 83.5 cm³/mol. The number of piperidine rings is 1. The molecule has 4 heteroatoms. The summed E-state index contributed by atoms with van der Waals surface area (Å²) in [6.45, 7) is 9.75. The van der Waals surface area contributed by atoms with Crippen molar-refractivity contribution in [2.45, 2.75) is 58.6 Å². The lowest BCUT2D eigenvalue weighted by molar-refractivity contribution is -0.139. The summed E-state index contributed by atoms with van der Waals surface area (Å²) < 4.78 is 0. The smallest absolute Gasteiger partial charge is 0.225 e. The number of amides is 1. The van der Waals surface area contributed by atoms with Crippen molar-refractivity contribution in [1.82, 2.24) is 4.90 Å². The zero-order valence-electron chi connectivity index (χ0n) is 13.1. The summed E-state index contributed by atoms with van der Waals surface area (Å²) >= 11 is 1.51. The number of likely N-dealkylation sites (tertiary alicyclic amines) is 1. The lowest BCUT2D eigenvalue weighted by Crippen LogP contribution is -2.51. The number of carbonyl (C=O) groups is 2. The molecule has 1 spiro atoms. The highest BCUT2D eigenvalue weighted by Gasteiger charge is 2.47. The molecule has 2 aliphatic rings. The van der Waals surface area contributed by atoms with Gasteiger partial charge in [-0.15, -0.1) is 0 Å². The first-order chi connectivity index (χ1) is 9.33. The fourth-order valence-electron chi connectivity index (χ4n) is 3.41. The summed E-state index contributed by atoms with van der Waals surface area (Å²) in [7, 11) is 0. The minimum absolute atomic E-state index is 0.131. The van der Waals surface area contributed by atoms with Gasteiger partial charge in [-0.25, -0.2) is 0 Å². The molecule has 2 rings (SSSR count). The van der Waals surface area contributed by atoms with Crippen molar-refractivity contribution < 1.29 is 9.59 Å². The Morgan fingerprint density at radius 1 is 1.15 bits per heavy atom. The zero-order chi connectivity index (χ0) is 14.9. The van der Waals surface area contributed by atoms with E-state index in [1.165, 1.54) is 24.6 Å². The third-order valence-corrected chi connectivity index (χ3v) is 6.18. The van der Waals surface area contributed by atoms with Crippen molar-refractivity contribution in [3.05, 3.63) is 0 Å². The van der Waals surface area contributed by atoms with Crippen molar-refractivity contribution >= 4 is 22.8 Å². The second-order valence-electron chi connectivity index (χ2n) is 7.00. The summed E-state index contributed by atoms with van der Waals surface area (Å²) in [5.74, 6) is 0.869. The molecule has 0 aromatic heterocycles. The summed E-state index contributed by atoms with van der Waals surface area (Å²) in [6, 6.07) is 0. The summed E-state index contributed by atoms with van der Waals surface area (Å²) in [5, 5.41) is 0.771. The monoisotopic (exact) mass is 297 g/mol. The number of nitrogens with zero attached hydrogens (tertiary/aromatic N) is 1. The van der Waals surface area contributed by atoms with Gasteiger partial charge in [-0.2, -0.15) is 0 Å². The summed E-state index contributed by atoms with van der Waals surface area (Å²) in [5.41, 5.74) is 0.435. The van der Waals surface area contributed by atoms with E-state index in [-0.39, 0.29) is 11.0 Å². The number of hydrogen-bond acceptors (Lipinski definition) is 3. The molecular formula is C16H27NO2S. The van der Waals surface area contributed by atoms with Gasteiger partial charge in [0.1, 0.15) is 0 Å². The normalized spacial score (nSPS) is 23.8. The van der Waals surface area contributed by atoms with E-state index in [2.05, 4.69) is 18.7 Å². The molecule has 2 fully saturated rings. The van der Waals surface area contributed by atoms with Crippen molar-refractivity contribution in [2.24, 2.45) is 17.3 Å². The van der Waals surface area contributed by atoms with E-state index < -0.39 is 0 Å². The van der Waals surface area contributed by atoms with Gasteiger partial charge in [0.05, 0.1) is 0 Å². The molecule has 1 saturated heterocycles. The Morgan fingerprint density at radius 3 is 2.15 bits per heavy atom. The van der Waals surface area contributed by atoms with Gasteiger partial charge in [-0.3, -0.25) is 9.59 Å². The molecule has 20 heavy (non-hydrogen) atoms. The van der Waals surface area contributed by atoms with E-state index in [0.29, 0.717) is 22.5 Å². The molecule has 0 unspecified atom stereocenters. The average molecular weight is 297 g/mol. The van der Waals surface area contributed by atoms with Crippen LogP contribution in [0.2, 0.25) is 0 Å². The maximum absolute atomic E-state index is 12.3. The molecule has 0 N–H and O–H groups in total. The maximum Gasteiger partial charge on any atom is 0.225 e. The van der Waals surface area contributed by atoms with Crippen LogP contribution < -0.4 is 0 Å². The lowest BCUT2D eigenvalue weighted by atomic mass is 9.63. The quantitative estimate of drug-likeness (QED) is 0.802. The van der Waals surface area contributed by atoms with E-state index in [0.717, 1.165) is 25.9 Å². The molecule has 1 atom stereocenters. The highest BCUT2D eigenvalue weighted by atomic mass is 32.2. The van der Waals surface area contributed by atoms with Gasteiger partial charge in [0.15, 0.2) is 5.12 Å². The predicted octanol–water partition coefficient (Wildman–Crippen LogP) is 3.33. The number of rotatable bonds is 3. The van der Waals surface area contributed by atoms with Gasteiger partial charge in [-0.1, -0.05) is 32.5 Å². The first-order valence-electron chi connectivity index (χ1n) is 7.79. The van der Waals surface area contributed by atoms with Crippen molar-refractivity contribution in [3.63, 3.8) is 0 Å². The molecular weight excluding hydrogens is 270 g/mol. The van der Waals surface area contributed by atoms with Gasteiger partial charge in [-0.05, 0) is 37.0 Å². The number of carbonyl (C=O) groups excluding carboxylic acids is 2. The second kappa shape index (κ2) is 6.08. The molecule has 1 aliphatic heterocycles. The van der Waals surface area contributed by atoms with Crippen LogP contribution in [0.4, 0.5) is 0 Å². The first kappa shape index (κ1) is 15.9. The third kappa shape index (κ3) is 3.38. The van der Waals surface area contributed by atoms with Crippen LogP contribution in [0.15, 0.2) is 0 Å². The summed E-state index contributed by atoms with van der Waals surface area (Å²) in [4.78, 5) is 25.5. The maximum atomic E-state index is 12.3. The third-order valence-electron chi connectivity index (χ3n) is 5.18. The number of hydrogen-bond donors (Lipinski definition) is 0. The zero-order valence-corrected chi connectivity index (χ0v) is 14.0. The lowest BCUT2D eigenvalue weighted by Gasteiger charge is -2.52. The molecule has 1 saturated carbocycles. The van der Waals surface area contributed by atoms with Gasteiger partial charge >= 0.3 is 0 Å². The largest absolute Gasteiger partial charge is 0.342 e. The Hall–Kier alpha value is -0.510. The van der Waals surface area contributed by atoms with Crippen LogP contribution in [0.3, 0.4) is 0 Å². The van der Waals surface area contributed by atoms with Crippen LogP contribution in [0.1, 0.15) is 53.4 Å². The molecule has 1 heterocycles. The highest BCUT2D eigenvalue weighted by Crippen LogP contribution is 2.53. The second-order valence-corrected chi connectivity index (χ2v) is 8.47. The fourth-order valence-corrected chi connectivity index (χ4v) is 4.75. The summed E-state index contributed by atoms with van der Waals surface area (Å²) in [6.07, 6.45) is 4.58. The highest BCUT2D eigenvalue weighted by molar-refractivity contribution is 8.14. The van der Waals surface area contributed by atoms with Crippen LogP contribution in [0, 0.1) is 17.3 Å². The van der Waals surface area contributed by atoms with Crippen LogP contribution in [-0.4, -0.2) is 34.3 Å². The first-order valence-corrected chi connectivity index (χ1v) is 8.67. The topological polar surface area (TPSA) is 37.4 Å². The average Bonchev–Trinajstić information content (AvgIpc) is 2.35. The van der Waals surface area contributed by atoms with Crippen LogP contribution in [0.25, 0.3) is 0 Å². The van der Waals surface area contributed by atoms with Gasteiger partial charge in [0, 0.05) is 31.2 Å². The Labute approximate surface area is 126 Å². The number of thioether (sulfide) groups is 1. The van der Waals surface area contributed by atoms with E-state index in [9.17, 15) is 9.59 Å². The van der Waals surface area contributed by atoms with Crippen molar-refractivity contribution in [3.8, 4) is 0 Å². The molecule has 3 nitrogen and oxygen atoms in total. The standard InChI is InChI=1S/C16H27NO2S/c1-11(2)12(3)15(19)17-7-5-16(6-8-17)9-14(10-16)20-13(4)18/h11-12,14H,5-10H2,1-4H3/t12-/m0/s1. The van der Waals surface area contributed by atoms with E-state index in [1.807, 2.05) is 6.92 Å². The van der Waals surface area contributed by atoms with Crippen LogP contribution in [0.5, 0.6) is 0 Å². The van der Waals surface area contributed by atoms with Crippen LogP contribution >= 0.6 is 11.8 Å². The van der Waals surface area contributed by atoms with Gasteiger partial charge in [0.25, 0.3) is 0 Å². The Morgan fingerprint density at radius 2 is 1.70 bits per heavy atom. The van der Waals surface area contributed by atoms with E-state index in [1.54, 1.807) is 6.92 Å². The Balaban J connectivity index is 1.79. The van der Waals surface area contributed by atoms with Crippen LogP contribution in [-0.2, 0) is 9.59 Å². The van der Waals surface area contributed by atoms with Gasteiger partial charge < -0.3 is 4.90 Å². The van der Waals surface area contributed by atoms with E-state index in [4.69, 9.17) is 0 Å². The Kier molecular flexibility index (Phi) is 4.83. The van der Waals surface area contributed by atoms with Gasteiger partial charge in [0.2, 0.25) is 5.91 Å². The minimum Gasteiger partial charge on any atom is -0.342 e. The SMILES string of the molecule is CC(=O)SC1CC2(CCN(C(=O)[C@@H](C)C(C)C)CC2)C1. The molecule has 0 aromatic carbocycles. The minimum atomic E-state index is 0.131.